The van der Waals surface area contributed by atoms with E-state index in [2.05, 4.69) is 20.5 Å². The van der Waals surface area contributed by atoms with E-state index in [1.54, 1.807) is 14.0 Å². The van der Waals surface area contributed by atoms with Gasteiger partial charge in [-0.15, -0.1) is 0 Å². The van der Waals surface area contributed by atoms with Gasteiger partial charge in [0.1, 0.15) is 28.7 Å². The number of allylic oxidation sites excluding steroid dienone is 1. The minimum absolute atomic E-state index is 0.0971. The predicted octanol–water partition coefficient (Wildman–Crippen LogP) is 4.21. The highest BCUT2D eigenvalue weighted by atomic mass is 35.5. The molecule has 3 aromatic rings. The van der Waals surface area contributed by atoms with E-state index in [0.29, 0.717) is 30.4 Å². The number of ether oxygens (including phenoxy) is 4. The minimum Gasteiger partial charge on any atom is -0.496 e. The Hall–Kier alpha value is -3.89. The van der Waals surface area contributed by atoms with Gasteiger partial charge in [0.25, 0.3) is 0 Å². The van der Waals surface area contributed by atoms with Crippen molar-refractivity contribution in [1.29, 1.82) is 0 Å². The fourth-order valence-corrected chi connectivity index (χ4v) is 5.03. The molecule has 11 heteroatoms. The third kappa shape index (κ3) is 4.02. The van der Waals surface area contributed by atoms with Gasteiger partial charge in [-0.25, -0.2) is 4.98 Å². The molecule has 1 spiro atoms. The number of rotatable bonds is 7. The van der Waals surface area contributed by atoms with Crippen LogP contribution in [0.25, 0.3) is 11.4 Å². The minimum atomic E-state index is -1.73. The van der Waals surface area contributed by atoms with Crippen molar-refractivity contribution in [2.24, 2.45) is 5.92 Å². The van der Waals surface area contributed by atoms with Gasteiger partial charge in [-0.2, -0.15) is 5.10 Å². The molecule has 2 aromatic carbocycles. The van der Waals surface area contributed by atoms with E-state index in [9.17, 15) is 9.59 Å². The summed E-state index contributed by atoms with van der Waals surface area (Å²) in [6.45, 7) is 2.13. The van der Waals surface area contributed by atoms with Crippen LogP contribution in [-0.4, -0.2) is 53.7 Å². The average molecular weight is 525 g/mol. The number of hydrogen-bond donors (Lipinski definition) is 2. The van der Waals surface area contributed by atoms with E-state index < -0.39 is 23.1 Å². The van der Waals surface area contributed by atoms with Crippen molar-refractivity contribution >= 4 is 28.9 Å². The summed E-state index contributed by atoms with van der Waals surface area (Å²) in [6, 6.07) is 9.01. The Bertz CT molecular complexity index is 1430. The van der Waals surface area contributed by atoms with E-state index in [1.165, 1.54) is 26.4 Å². The number of methoxy groups -OCH3 is 3. The Labute approximate surface area is 217 Å². The molecule has 1 aliphatic heterocycles. The molecular formula is C26H25ClN4O6. The standard InChI is InChI=1S/C26H25ClN4O6/c1-13-8-16(28-15-7-5-6-14(9-15)25-29-20(12-34-2)30-31-25)10-19(32)26(13)24(33)21-17(35-3)11-18(36-4)22(27)23(21)37-26/h5-7,9-11,13,28H,8,12H2,1-4H3,(H,29,30,31)/t13-,26+/m1/s1. The first-order valence-electron chi connectivity index (χ1n) is 11.5. The molecule has 2 N–H and O–H groups in total. The largest absolute Gasteiger partial charge is 0.496 e. The molecule has 1 aromatic heterocycles. The van der Waals surface area contributed by atoms with Gasteiger partial charge in [0, 0.05) is 42.1 Å². The Morgan fingerprint density at radius 2 is 1.97 bits per heavy atom. The summed E-state index contributed by atoms with van der Waals surface area (Å²) in [5.74, 6) is 0.330. The summed E-state index contributed by atoms with van der Waals surface area (Å²) in [5.41, 5.74) is 0.601. The fourth-order valence-electron chi connectivity index (χ4n) is 4.76. The lowest BCUT2D eigenvalue weighted by Crippen LogP contribution is -2.55. The second-order valence-electron chi connectivity index (χ2n) is 8.85. The highest BCUT2D eigenvalue weighted by Crippen LogP contribution is 2.53. The van der Waals surface area contributed by atoms with Gasteiger partial charge >= 0.3 is 0 Å². The second-order valence-corrected chi connectivity index (χ2v) is 9.23. The van der Waals surface area contributed by atoms with Gasteiger partial charge < -0.3 is 24.3 Å². The Morgan fingerprint density at radius 1 is 1.19 bits per heavy atom. The number of Topliss-reactive ketones (excluding diaryl/α,β-unsaturated/α-hetero) is 1. The van der Waals surface area contributed by atoms with Crippen LogP contribution >= 0.6 is 11.6 Å². The van der Waals surface area contributed by atoms with Gasteiger partial charge in [0.2, 0.25) is 17.2 Å². The van der Waals surface area contributed by atoms with Gasteiger partial charge in [-0.3, -0.25) is 14.7 Å². The van der Waals surface area contributed by atoms with Crippen molar-refractivity contribution in [3.8, 4) is 28.6 Å². The molecule has 5 rings (SSSR count). The first-order chi connectivity index (χ1) is 17.8. The van der Waals surface area contributed by atoms with E-state index in [-0.39, 0.29) is 27.8 Å². The van der Waals surface area contributed by atoms with Crippen molar-refractivity contribution in [2.75, 3.05) is 26.6 Å². The summed E-state index contributed by atoms with van der Waals surface area (Å²) >= 11 is 6.45. The molecule has 0 fully saturated rings. The fraction of sp³-hybridized carbons (Fsp3) is 0.308. The second kappa shape index (κ2) is 9.53. The molecule has 0 saturated heterocycles. The molecule has 0 unspecified atom stereocenters. The maximum Gasteiger partial charge on any atom is 0.236 e. The lowest BCUT2D eigenvalue weighted by atomic mass is 9.74. The number of aromatic nitrogens is 3. The van der Waals surface area contributed by atoms with Crippen molar-refractivity contribution in [1.82, 2.24) is 15.2 Å². The number of anilines is 1. The highest BCUT2D eigenvalue weighted by Gasteiger charge is 2.60. The SMILES string of the molecule is COCc1nc(-c2cccc(NC3=CC(=O)[C@@]4(Oc5c(Cl)c(OC)cc(OC)c5C4=O)[C@H](C)C3)c2)n[nH]1. The van der Waals surface area contributed by atoms with Crippen LogP contribution in [0.2, 0.25) is 5.02 Å². The summed E-state index contributed by atoms with van der Waals surface area (Å²) in [4.78, 5) is 31.6. The molecule has 0 radical (unpaired) electrons. The third-order valence-corrected chi connectivity index (χ3v) is 6.91. The number of carbonyl (C=O) groups is 2. The number of halogens is 1. The van der Waals surface area contributed by atoms with Crippen LogP contribution in [0.1, 0.15) is 29.5 Å². The quantitative estimate of drug-likeness (QED) is 0.437. The number of nitrogens with one attached hydrogen (secondary N) is 2. The van der Waals surface area contributed by atoms with Crippen molar-refractivity contribution < 1.29 is 28.5 Å². The first-order valence-corrected chi connectivity index (χ1v) is 11.9. The normalized spacial score (nSPS) is 20.5. The lowest BCUT2D eigenvalue weighted by molar-refractivity contribution is -0.129. The molecule has 1 aliphatic carbocycles. The van der Waals surface area contributed by atoms with Crippen LogP contribution in [0.4, 0.5) is 5.69 Å². The summed E-state index contributed by atoms with van der Waals surface area (Å²) in [7, 11) is 4.46. The summed E-state index contributed by atoms with van der Waals surface area (Å²) in [5, 5.41) is 10.5. The van der Waals surface area contributed by atoms with Crippen LogP contribution in [-0.2, 0) is 16.1 Å². The van der Waals surface area contributed by atoms with Crippen LogP contribution in [0.3, 0.4) is 0 Å². The smallest absolute Gasteiger partial charge is 0.236 e. The van der Waals surface area contributed by atoms with Crippen molar-refractivity contribution in [3.05, 3.63) is 58.5 Å². The van der Waals surface area contributed by atoms with Crippen LogP contribution in [0.15, 0.2) is 42.1 Å². The lowest BCUT2D eigenvalue weighted by Gasteiger charge is -2.35. The van der Waals surface area contributed by atoms with E-state index >= 15 is 0 Å². The Balaban J connectivity index is 1.42. The highest BCUT2D eigenvalue weighted by molar-refractivity contribution is 6.36. The van der Waals surface area contributed by atoms with E-state index in [4.69, 9.17) is 30.5 Å². The molecule has 0 amide bonds. The zero-order valence-electron chi connectivity index (χ0n) is 20.7. The number of aromatic amines is 1. The average Bonchev–Trinajstić information content (AvgIpc) is 3.48. The number of hydrogen-bond acceptors (Lipinski definition) is 9. The Kier molecular flexibility index (Phi) is 6.38. The van der Waals surface area contributed by atoms with Gasteiger partial charge in [0.05, 0.1) is 14.2 Å². The number of benzene rings is 2. The predicted molar refractivity (Wildman–Crippen MR) is 135 cm³/mol. The zero-order valence-corrected chi connectivity index (χ0v) is 21.4. The topological polar surface area (TPSA) is 125 Å². The summed E-state index contributed by atoms with van der Waals surface area (Å²) < 4.78 is 21.9. The molecule has 2 aliphatic rings. The van der Waals surface area contributed by atoms with Crippen LogP contribution < -0.4 is 19.5 Å². The number of carbonyl (C=O) groups excluding carboxylic acids is 2. The van der Waals surface area contributed by atoms with Crippen molar-refractivity contribution in [3.63, 3.8) is 0 Å². The molecule has 10 nitrogen and oxygen atoms in total. The Morgan fingerprint density at radius 3 is 2.68 bits per heavy atom. The van der Waals surface area contributed by atoms with Gasteiger partial charge in [0.15, 0.2) is 17.4 Å². The maximum absolute atomic E-state index is 13.6. The third-order valence-electron chi connectivity index (χ3n) is 6.55. The molecule has 2 heterocycles. The maximum atomic E-state index is 13.6. The molecule has 192 valence electrons. The molecule has 0 bridgehead atoms. The molecular weight excluding hydrogens is 500 g/mol. The molecule has 0 saturated carbocycles. The van der Waals surface area contributed by atoms with Gasteiger partial charge in [-0.1, -0.05) is 30.7 Å². The molecule has 37 heavy (non-hydrogen) atoms. The first kappa shape index (κ1) is 24.8. The monoisotopic (exact) mass is 524 g/mol. The van der Waals surface area contributed by atoms with Crippen LogP contribution in [0.5, 0.6) is 17.2 Å². The van der Waals surface area contributed by atoms with Gasteiger partial charge in [-0.05, 0) is 18.6 Å². The van der Waals surface area contributed by atoms with E-state index in [0.717, 1.165) is 11.3 Å². The zero-order chi connectivity index (χ0) is 26.3. The number of ketones is 2. The van der Waals surface area contributed by atoms with E-state index in [1.807, 2.05) is 24.3 Å². The number of nitrogens with zero attached hydrogens (tertiary/aromatic N) is 2. The van der Waals surface area contributed by atoms with Crippen molar-refractivity contribution in [2.45, 2.75) is 25.6 Å². The number of fused-ring (bicyclic) bond motifs is 1. The molecule has 2 atom stereocenters. The summed E-state index contributed by atoms with van der Waals surface area (Å²) in [6.07, 6.45) is 1.79. The van der Waals surface area contributed by atoms with Crippen LogP contribution in [0, 0.1) is 5.92 Å². The number of H-pyrrole nitrogens is 1.